The molecule has 1 saturated carbocycles. The fourth-order valence-electron chi connectivity index (χ4n) is 2.79. The first-order chi connectivity index (χ1) is 8.95. The summed E-state index contributed by atoms with van der Waals surface area (Å²) in [5.74, 6) is 0.819. The van der Waals surface area contributed by atoms with E-state index in [1.54, 1.807) is 0 Å². The second-order valence-corrected chi connectivity index (χ2v) is 5.32. The number of hydrogen-bond donors (Lipinski definition) is 0. The summed E-state index contributed by atoms with van der Waals surface area (Å²) in [5, 5.41) is 19.2. The summed E-state index contributed by atoms with van der Waals surface area (Å²) in [7, 11) is 0. The van der Waals surface area contributed by atoms with Crippen LogP contribution in [0.2, 0.25) is 0 Å². The van der Waals surface area contributed by atoms with Crippen LogP contribution in [-0.2, 0) is 17.1 Å². The summed E-state index contributed by atoms with van der Waals surface area (Å²) in [5.41, 5.74) is 1.19. The molecular weight excluding hydrogens is 282 g/mol. The van der Waals surface area contributed by atoms with Crippen LogP contribution in [-0.4, -0.2) is 12.3 Å². The molecule has 0 spiro atoms. The first kappa shape index (κ1) is 16.4. The Hall–Kier alpha value is -0.611. The van der Waals surface area contributed by atoms with Crippen molar-refractivity contribution in [1.29, 1.82) is 0 Å². The Kier molecular flexibility index (Phi) is 8.84. The second-order valence-electron chi connectivity index (χ2n) is 5.32. The van der Waals surface area contributed by atoms with Gasteiger partial charge in [-0.2, -0.15) is 5.11 Å². The van der Waals surface area contributed by atoms with Gasteiger partial charge in [-0.15, -0.1) is 5.10 Å². The molecule has 0 aromatic rings. The maximum atomic E-state index is 4.18. The maximum absolute atomic E-state index is 4.18. The van der Waals surface area contributed by atoms with E-state index in [0.717, 1.165) is 31.7 Å². The topological polar surface area (TPSA) is 61.8 Å². The van der Waals surface area contributed by atoms with Crippen LogP contribution >= 0.6 is 0 Å². The van der Waals surface area contributed by atoms with Gasteiger partial charge >= 0.3 is 17.1 Å². The van der Waals surface area contributed by atoms with Gasteiger partial charge in [0.05, 0.1) is 6.54 Å². The molecule has 1 aliphatic heterocycles. The van der Waals surface area contributed by atoms with E-state index in [0.29, 0.717) is 0 Å². The molecule has 2 aliphatic rings. The van der Waals surface area contributed by atoms with E-state index in [9.17, 15) is 0 Å². The van der Waals surface area contributed by atoms with E-state index < -0.39 is 0 Å². The summed E-state index contributed by atoms with van der Waals surface area (Å²) in [4.78, 5) is 0. The van der Waals surface area contributed by atoms with E-state index in [4.69, 9.17) is 0 Å². The van der Waals surface area contributed by atoms with Gasteiger partial charge in [0.25, 0.3) is 0 Å². The number of rotatable bonds is 0. The molecule has 1 atom stereocenters. The first-order valence-corrected chi connectivity index (χ1v) is 7.27. The zero-order chi connectivity index (χ0) is 12.5. The van der Waals surface area contributed by atoms with E-state index in [-0.39, 0.29) is 17.1 Å². The molecule has 19 heavy (non-hydrogen) atoms. The van der Waals surface area contributed by atoms with Gasteiger partial charge in [-0.05, 0) is 53.7 Å². The van der Waals surface area contributed by atoms with Crippen molar-refractivity contribution >= 4 is 5.71 Å². The Morgan fingerprint density at radius 3 is 2.53 bits per heavy atom. The minimum Gasteiger partial charge on any atom is -0.167 e. The average molecular weight is 305 g/mol. The van der Waals surface area contributed by atoms with E-state index in [2.05, 4.69) is 25.9 Å². The largest absolute Gasteiger partial charge is 3.00 e. The maximum Gasteiger partial charge on any atom is 3.00 e. The van der Waals surface area contributed by atoms with Gasteiger partial charge in [-0.25, -0.2) is 0 Å². The molecule has 0 aromatic heterocycles. The molecule has 2 rings (SSSR count). The standard InChI is InChI=1S/C13H23N5.Fe/c1-2-4-7-12-8-6-9-13(11-12)15-17-18-16-14-10-5-3-1;/h12H,1-11H2;/q;+3. The van der Waals surface area contributed by atoms with Crippen molar-refractivity contribution in [3.05, 3.63) is 0 Å². The Balaban J connectivity index is 0.00000180. The molecule has 1 heterocycles. The van der Waals surface area contributed by atoms with Crippen molar-refractivity contribution in [2.24, 2.45) is 31.8 Å². The summed E-state index contributed by atoms with van der Waals surface area (Å²) in [6.45, 7) is 0.762. The van der Waals surface area contributed by atoms with Crippen molar-refractivity contribution in [2.45, 2.75) is 64.2 Å². The van der Waals surface area contributed by atoms with Crippen LogP contribution in [0.1, 0.15) is 64.2 Å². The van der Waals surface area contributed by atoms with E-state index in [1.165, 1.54) is 50.7 Å². The summed E-state index contributed by atoms with van der Waals surface area (Å²) in [6, 6.07) is 0. The minimum absolute atomic E-state index is 0. The number of nitrogens with zero attached hydrogens (tertiary/aromatic N) is 5. The molecule has 2 bridgehead atoms. The quantitative estimate of drug-likeness (QED) is 0.582. The Morgan fingerprint density at radius 1 is 0.789 bits per heavy atom. The molecule has 1 unspecified atom stereocenters. The zero-order valence-corrected chi connectivity index (χ0v) is 12.5. The van der Waals surface area contributed by atoms with Gasteiger partial charge in [0.1, 0.15) is 0 Å². The molecule has 6 heteroatoms. The van der Waals surface area contributed by atoms with Crippen LogP contribution in [0, 0.1) is 5.92 Å². The smallest absolute Gasteiger partial charge is 0.167 e. The van der Waals surface area contributed by atoms with Gasteiger partial charge in [0, 0.05) is 5.71 Å². The molecule has 0 aromatic carbocycles. The minimum atomic E-state index is 0. The molecule has 105 valence electrons. The van der Waals surface area contributed by atoms with E-state index in [1.807, 2.05) is 0 Å². The summed E-state index contributed by atoms with van der Waals surface area (Å²) >= 11 is 0. The monoisotopic (exact) mass is 305 g/mol. The number of fused-ring (bicyclic) bond motifs is 2. The Labute approximate surface area is 125 Å². The van der Waals surface area contributed by atoms with Gasteiger partial charge < -0.3 is 0 Å². The van der Waals surface area contributed by atoms with Gasteiger partial charge in [0.2, 0.25) is 0 Å². The van der Waals surface area contributed by atoms with Crippen LogP contribution in [0.5, 0.6) is 0 Å². The van der Waals surface area contributed by atoms with E-state index >= 15 is 0 Å². The summed E-state index contributed by atoms with van der Waals surface area (Å²) < 4.78 is 0. The predicted molar refractivity (Wildman–Crippen MR) is 71.7 cm³/mol. The van der Waals surface area contributed by atoms with Crippen LogP contribution in [0.4, 0.5) is 0 Å². The van der Waals surface area contributed by atoms with Crippen LogP contribution in [0.25, 0.3) is 0 Å². The molecule has 5 nitrogen and oxygen atoms in total. The fraction of sp³-hybridized carbons (Fsp3) is 0.923. The average Bonchev–Trinajstić information content (AvgIpc) is 2.40. The van der Waals surface area contributed by atoms with Crippen molar-refractivity contribution in [2.75, 3.05) is 6.54 Å². The first-order valence-electron chi connectivity index (χ1n) is 7.27. The zero-order valence-electron chi connectivity index (χ0n) is 11.4. The normalized spacial score (nSPS) is 25.7. The van der Waals surface area contributed by atoms with Gasteiger partial charge in [-0.3, -0.25) is 0 Å². The predicted octanol–water partition coefficient (Wildman–Crippen LogP) is 4.70. The SMILES string of the molecule is C1CCCN=NN=NN=C2CCCC(CCC1)C2.[Fe+3]. The van der Waals surface area contributed by atoms with Crippen molar-refractivity contribution in [1.82, 2.24) is 0 Å². The van der Waals surface area contributed by atoms with Crippen molar-refractivity contribution < 1.29 is 17.1 Å². The van der Waals surface area contributed by atoms with Crippen LogP contribution < -0.4 is 0 Å². The third kappa shape index (κ3) is 6.92. The van der Waals surface area contributed by atoms with Crippen LogP contribution in [0.15, 0.2) is 25.9 Å². The van der Waals surface area contributed by atoms with Crippen LogP contribution in [0.3, 0.4) is 0 Å². The third-order valence-electron chi connectivity index (χ3n) is 3.80. The molecule has 1 fully saturated rings. The van der Waals surface area contributed by atoms with Crippen molar-refractivity contribution in [3.8, 4) is 0 Å². The Morgan fingerprint density at radius 2 is 1.58 bits per heavy atom. The fourth-order valence-corrected chi connectivity index (χ4v) is 2.79. The molecule has 0 saturated heterocycles. The molecule has 0 amide bonds. The van der Waals surface area contributed by atoms with Gasteiger partial charge in [-0.1, -0.05) is 32.1 Å². The number of hydrogen-bond acceptors (Lipinski definition) is 5. The molecule has 1 radical (unpaired) electrons. The van der Waals surface area contributed by atoms with Gasteiger partial charge in [0.15, 0.2) is 0 Å². The van der Waals surface area contributed by atoms with Crippen molar-refractivity contribution in [3.63, 3.8) is 0 Å². The summed E-state index contributed by atoms with van der Waals surface area (Å²) in [6.07, 6.45) is 12.5. The molecule has 1 aliphatic carbocycles. The Bertz CT molecular complexity index is 327. The third-order valence-corrected chi connectivity index (χ3v) is 3.80. The second kappa shape index (κ2) is 10.2. The molecular formula is C13H23FeN5+3. The molecule has 0 N–H and O–H groups in total.